The Hall–Kier alpha value is -0.470. The molecule has 0 fully saturated rings. The summed E-state index contributed by atoms with van der Waals surface area (Å²) in [5, 5.41) is 3.44. The molecular weight excluding hydrogens is 250 g/mol. The van der Waals surface area contributed by atoms with Crippen LogP contribution in [0.25, 0.3) is 0 Å². The van der Waals surface area contributed by atoms with Crippen LogP contribution in [0.5, 0.6) is 0 Å². The largest absolute Gasteiger partial charge is 0.313 e. The van der Waals surface area contributed by atoms with Crippen molar-refractivity contribution in [1.82, 2.24) is 5.32 Å². The zero-order valence-electron chi connectivity index (χ0n) is 12.6. The Labute approximate surface area is 123 Å². The molecule has 1 nitrogen and oxygen atoms in total. The Bertz CT molecular complexity index is 308. The third-order valence-electron chi connectivity index (χ3n) is 3.20. The molecule has 1 N–H and O–H groups in total. The summed E-state index contributed by atoms with van der Waals surface area (Å²) in [7, 11) is 0. The molecule has 0 spiro atoms. The standard InChI is InChI=1S/C17H29NS/c1-3-5-6-7-8-14-19-17-11-9-16(10-12-17)15-18-13-4-2/h9-12,18H,3-8,13-15H2,1-2H3. The summed E-state index contributed by atoms with van der Waals surface area (Å²) in [5.41, 5.74) is 1.39. The highest BCUT2D eigenvalue weighted by Crippen LogP contribution is 2.20. The first kappa shape index (κ1) is 16.6. The molecule has 0 heterocycles. The molecule has 0 aliphatic heterocycles. The van der Waals surface area contributed by atoms with Crippen LogP contribution < -0.4 is 5.32 Å². The summed E-state index contributed by atoms with van der Waals surface area (Å²) in [5.74, 6) is 1.26. The Morgan fingerprint density at radius 2 is 1.63 bits per heavy atom. The number of nitrogens with one attached hydrogen (secondary N) is 1. The van der Waals surface area contributed by atoms with Gasteiger partial charge in [-0.25, -0.2) is 0 Å². The highest BCUT2D eigenvalue weighted by atomic mass is 32.2. The van der Waals surface area contributed by atoms with Crippen molar-refractivity contribution in [1.29, 1.82) is 0 Å². The fraction of sp³-hybridized carbons (Fsp3) is 0.647. The summed E-state index contributed by atoms with van der Waals surface area (Å²) in [6.07, 6.45) is 8.07. The Balaban J connectivity index is 2.13. The summed E-state index contributed by atoms with van der Waals surface area (Å²) in [4.78, 5) is 1.41. The number of hydrogen-bond acceptors (Lipinski definition) is 2. The molecule has 0 atom stereocenters. The van der Waals surface area contributed by atoms with E-state index in [4.69, 9.17) is 0 Å². The van der Waals surface area contributed by atoms with Crippen LogP contribution >= 0.6 is 11.8 Å². The number of rotatable bonds is 11. The van der Waals surface area contributed by atoms with E-state index in [1.165, 1.54) is 54.7 Å². The molecule has 0 unspecified atom stereocenters. The van der Waals surface area contributed by atoms with Crippen molar-refractivity contribution >= 4 is 11.8 Å². The van der Waals surface area contributed by atoms with Gasteiger partial charge in [0.1, 0.15) is 0 Å². The van der Waals surface area contributed by atoms with Gasteiger partial charge in [-0.1, -0.05) is 51.7 Å². The minimum Gasteiger partial charge on any atom is -0.313 e. The van der Waals surface area contributed by atoms with Crippen LogP contribution in [0.1, 0.15) is 57.9 Å². The molecule has 0 radical (unpaired) electrons. The van der Waals surface area contributed by atoms with Crippen LogP contribution in [0.3, 0.4) is 0 Å². The van der Waals surface area contributed by atoms with E-state index in [0.717, 1.165) is 13.1 Å². The van der Waals surface area contributed by atoms with Crippen molar-refractivity contribution < 1.29 is 0 Å². The molecule has 108 valence electrons. The van der Waals surface area contributed by atoms with Crippen molar-refractivity contribution in [2.45, 2.75) is 63.8 Å². The van der Waals surface area contributed by atoms with E-state index in [2.05, 4.69) is 43.4 Å². The maximum absolute atomic E-state index is 3.44. The maximum atomic E-state index is 3.44. The van der Waals surface area contributed by atoms with Gasteiger partial charge < -0.3 is 5.32 Å². The van der Waals surface area contributed by atoms with Crippen LogP contribution in [-0.2, 0) is 6.54 Å². The average Bonchev–Trinajstić information content (AvgIpc) is 2.44. The van der Waals surface area contributed by atoms with Gasteiger partial charge in [-0.15, -0.1) is 11.8 Å². The second-order valence-electron chi connectivity index (χ2n) is 5.08. The van der Waals surface area contributed by atoms with Crippen molar-refractivity contribution in [3.8, 4) is 0 Å². The molecule has 0 bridgehead atoms. The number of thioether (sulfide) groups is 1. The highest BCUT2D eigenvalue weighted by Gasteiger charge is 1.96. The Morgan fingerprint density at radius 3 is 2.32 bits per heavy atom. The fourth-order valence-corrected chi connectivity index (χ4v) is 2.92. The van der Waals surface area contributed by atoms with Gasteiger partial charge in [-0.2, -0.15) is 0 Å². The zero-order valence-corrected chi connectivity index (χ0v) is 13.4. The molecule has 0 amide bonds. The molecule has 1 rings (SSSR count). The molecule has 19 heavy (non-hydrogen) atoms. The smallest absolute Gasteiger partial charge is 0.0205 e. The van der Waals surface area contributed by atoms with Crippen molar-refractivity contribution in [2.24, 2.45) is 0 Å². The van der Waals surface area contributed by atoms with E-state index in [-0.39, 0.29) is 0 Å². The van der Waals surface area contributed by atoms with E-state index in [0.29, 0.717) is 0 Å². The average molecular weight is 279 g/mol. The van der Waals surface area contributed by atoms with Gasteiger partial charge >= 0.3 is 0 Å². The van der Waals surface area contributed by atoms with E-state index >= 15 is 0 Å². The van der Waals surface area contributed by atoms with Gasteiger partial charge in [0.15, 0.2) is 0 Å². The van der Waals surface area contributed by atoms with Crippen LogP contribution in [0.2, 0.25) is 0 Å². The summed E-state index contributed by atoms with van der Waals surface area (Å²) in [6, 6.07) is 9.03. The number of unbranched alkanes of at least 4 members (excludes halogenated alkanes) is 4. The third-order valence-corrected chi connectivity index (χ3v) is 4.29. The molecule has 1 aromatic rings. The van der Waals surface area contributed by atoms with Crippen molar-refractivity contribution in [3.05, 3.63) is 29.8 Å². The number of hydrogen-bond donors (Lipinski definition) is 1. The lowest BCUT2D eigenvalue weighted by Gasteiger charge is -2.05. The lowest BCUT2D eigenvalue weighted by Crippen LogP contribution is -2.13. The van der Waals surface area contributed by atoms with Crippen LogP contribution in [-0.4, -0.2) is 12.3 Å². The highest BCUT2D eigenvalue weighted by molar-refractivity contribution is 7.99. The van der Waals surface area contributed by atoms with Gasteiger partial charge in [-0.05, 0) is 42.8 Å². The maximum Gasteiger partial charge on any atom is 0.0205 e. The van der Waals surface area contributed by atoms with E-state index in [9.17, 15) is 0 Å². The minimum absolute atomic E-state index is 0.996. The predicted octanol–water partition coefficient (Wildman–Crippen LogP) is 5.25. The first-order valence-corrected chi connectivity index (χ1v) is 8.77. The van der Waals surface area contributed by atoms with Gasteiger partial charge in [0, 0.05) is 11.4 Å². The molecule has 2 heteroatoms. The van der Waals surface area contributed by atoms with Crippen LogP contribution in [0.15, 0.2) is 29.2 Å². The predicted molar refractivity (Wildman–Crippen MR) is 87.9 cm³/mol. The van der Waals surface area contributed by atoms with E-state index in [1.54, 1.807) is 0 Å². The van der Waals surface area contributed by atoms with E-state index < -0.39 is 0 Å². The van der Waals surface area contributed by atoms with Gasteiger partial charge in [0.05, 0.1) is 0 Å². The van der Waals surface area contributed by atoms with Crippen molar-refractivity contribution in [2.75, 3.05) is 12.3 Å². The first-order valence-electron chi connectivity index (χ1n) is 7.79. The summed E-state index contributed by atoms with van der Waals surface area (Å²) < 4.78 is 0. The molecule has 0 aliphatic carbocycles. The van der Waals surface area contributed by atoms with Crippen molar-refractivity contribution in [3.63, 3.8) is 0 Å². The van der Waals surface area contributed by atoms with Gasteiger partial charge in [0.25, 0.3) is 0 Å². The normalized spacial score (nSPS) is 10.8. The molecule has 0 aromatic heterocycles. The fourth-order valence-electron chi connectivity index (χ4n) is 2.01. The zero-order chi connectivity index (χ0) is 13.8. The van der Waals surface area contributed by atoms with Gasteiger partial charge in [0.2, 0.25) is 0 Å². The Morgan fingerprint density at radius 1 is 0.895 bits per heavy atom. The van der Waals surface area contributed by atoms with Crippen LogP contribution in [0.4, 0.5) is 0 Å². The molecule has 0 saturated carbocycles. The summed E-state index contributed by atoms with van der Waals surface area (Å²) in [6.45, 7) is 6.57. The van der Waals surface area contributed by atoms with Crippen LogP contribution in [0, 0.1) is 0 Å². The second kappa shape index (κ2) is 11.4. The molecule has 1 aromatic carbocycles. The molecule has 0 saturated heterocycles. The minimum atomic E-state index is 0.996. The monoisotopic (exact) mass is 279 g/mol. The van der Waals surface area contributed by atoms with Gasteiger partial charge in [-0.3, -0.25) is 0 Å². The first-order chi connectivity index (χ1) is 9.36. The lowest BCUT2D eigenvalue weighted by atomic mass is 10.2. The second-order valence-corrected chi connectivity index (χ2v) is 6.25. The molecule has 0 aliphatic rings. The summed E-state index contributed by atoms with van der Waals surface area (Å²) >= 11 is 2.00. The lowest BCUT2D eigenvalue weighted by molar-refractivity contribution is 0.659. The SMILES string of the molecule is CCCCCCCSc1ccc(CNCCC)cc1. The Kier molecular flexibility index (Phi) is 9.92. The van der Waals surface area contributed by atoms with E-state index in [1.807, 2.05) is 11.8 Å². The quantitative estimate of drug-likeness (QED) is 0.438. The number of benzene rings is 1. The third kappa shape index (κ3) is 8.33. The molecular formula is C17H29NS. The topological polar surface area (TPSA) is 12.0 Å².